The van der Waals surface area contributed by atoms with Crippen molar-refractivity contribution in [3.05, 3.63) is 11.6 Å². The van der Waals surface area contributed by atoms with Gasteiger partial charge < -0.3 is 28.4 Å². The minimum absolute atomic E-state index is 0.283. The van der Waals surface area contributed by atoms with E-state index in [1.165, 1.54) is 20.8 Å². The summed E-state index contributed by atoms with van der Waals surface area (Å²) in [5.41, 5.74) is -3.59. The second kappa shape index (κ2) is 7.77. The number of fused-ring (bicyclic) bond motifs is 3. The van der Waals surface area contributed by atoms with Gasteiger partial charge in [-0.1, -0.05) is 12.5 Å². The Kier molecular flexibility index (Phi) is 5.44. The summed E-state index contributed by atoms with van der Waals surface area (Å²) in [7, 11) is 0. The number of allylic oxidation sites excluding steroid dienone is 1. The molecule has 3 saturated heterocycles. The first kappa shape index (κ1) is 25.2. The van der Waals surface area contributed by atoms with E-state index in [4.69, 9.17) is 28.4 Å². The summed E-state index contributed by atoms with van der Waals surface area (Å²) in [6.07, 6.45) is -0.313. The van der Waals surface area contributed by atoms with Crippen molar-refractivity contribution in [2.24, 2.45) is 11.3 Å². The predicted molar refractivity (Wildman–Crippen MR) is 121 cm³/mol. The van der Waals surface area contributed by atoms with Crippen molar-refractivity contribution in [3.8, 4) is 0 Å². The Labute approximate surface area is 209 Å². The Bertz CT molecular complexity index is 1070. The molecular weight excluding hydrogens is 472 g/mol. The van der Waals surface area contributed by atoms with E-state index in [9.17, 15) is 19.2 Å². The maximum atomic E-state index is 13.0. The summed E-state index contributed by atoms with van der Waals surface area (Å²) in [5.74, 6) is -2.71. The number of esters is 4. The fourth-order valence-electron chi connectivity index (χ4n) is 7.29. The van der Waals surface area contributed by atoms with Crippen LogP contribution in [0.4, 0.5) is 0 Å². The molecule has 36 heavy (non-hydrogen) atoms. The number of hydrogen-bond acceptors (Lipinski definition) is 10. The molecule has 10 heteroatoms. The van der Waals surface area contributed by atoms with Crippen molar-refractivity contribution in [1.82, 2.24) is 0 Å². The van der Waals surface area contributed by atoms with Crippen LogP contribution < -0.4 is 0 Å². The van der Waals surface area contributed by atoms with E-state index < -0.39 is 76.4 Å². The quantitative estimate of drug-likeness (QED) is 0.243. The van der Waals surface area contributed by atoms with Gasteiger partial charge in [0.25, 0.3) is 0 Å². The molecule has 1 spiro atoms. The van der Waals surface area contributed by atoms with Gasteiger partial charge in [0.2, 0.25) is 0 Å². The third-order valence-corrected chi connectivity index (χ3v) is 9.08. The van der Waals surface area contributed by atoms with E-state index in [0.29, 0.717) is 19.3 Å². The normalized spacial score (nSPS) is 50.0. The summed E-state index contributed by atoms with van der Waals surface area (Å²) in [4.78, 5) is 50.1. The topological polar surface area (TPSA) is 130 Å². The summed E-state index contributed by atoms with van der Waals surface area (Å²) >= 11 is 0. The van der Waals surface area contributed by atoms with E-state index in [1.54, 1.807) is 6.92 Å². The molecule has 1 saturated carbocycles. The van der Waals surface area contributed by atoms with Crippen LogP contribution in [0.3, 0.4) is 0 Å². The number of ether oxygens (including phenoxy) is 6. The summed E-state index contributed by atoms with van der Waals surface area (Å²) < 4.78 is 36.0. The molecule has 3 heterocycles. The molecule has 0 unspecified atom stereocenters. The lowest BCUT2D eigenvalue weighted by Crippen LogP contribution is -2.66. The van der Waals surface area contributed by atoms with Gasteiger partial charge in [0, 0.05) is 33.1 Å². The molecule has 0 amide bonds. The van der Waals surface area contributed by atoms with E-state index in [0.717, 1.165) is 5.57 Å². The average Bonchev–Trinajstić information content (AvgIpc) is 3.58. The molecule has 198 valence electrons. The molecular formula is C26H34O10. The van der Waals surface area contributed by atoms with E-state index in [-0.39, 0.29) is 6.10 Å². The van der Waals surface area contributed by atoms with E-state index in [1.807, 2.05) is 26.8 Å². The zero-order chi connectivity index (χ0) is 26.4. The Morgan fingerprint density at radius 1 is 0.972 bits per heavy atom. The van der Waals surface area contributed by atoms with Gasteiger partial charge in [-0.3, -0.25) is 14.4 Å². The van der Waals surface area contributed by atoms with Crippen LogP contribution in [0.15, 0.2) is 11.6 Å². The molecule has 0 bridgehead atoms. The minimum Gasteiger partial charge on any atom is -0.462 e. The van der Waals surface area contributed by atoms with Crippen molar-refractivity contribution >= 4 is 23.9 Å². The molecule has 4 fully saturated rings. The highest BCUT2D eigenvalue weighted by Gasteiger charge is 2.89. The molecule has 3 aliphatic heterocycles. The van der Waals surface area contributed by atoms with Crippen molar-refractivity contribution in [1.29, 1.82) is 0 Å². The molecule has 0 aromatic rings. The van der Waals surface area contributed by atoms with Crippen LogP contribution in [0.5, 0.6) is 0 Å². The highest BCUT2D eigenvalue weighted by molar-refractivity contribution is 5.89. The smallest absolute Gasteiger partial charge is 0.342 e. The van der Waals surface area contributed by atoms with E-state index in [2.05, 4.69) is 0 Å². The van der Waals surface area contributed by atoms with Crippen molar-refractivity contribution < 1.29 is 47.6 Å². The van der Waals surface area contributed by atoms with Crippen LogP contribution in [-0.4, -0.2) is 71.2 Å². The molecule has 0 N–H and O–H groups in total. The molecule has 5 aliphatic rings. The molecule has 0 aromatic heterocycles. The SMILES string of the molecule is CC(=O)O[C@H]1C[C@H]2O[C@@]2(C)[C@@H]2[C@@H](OC(C)=O)[C@]34O[C@@]3(C)C(=O)O[C@H]4/C=C(/C)CC[C@@H](OC(C)=O)[C@@]12C. The molecule has 0 radical (unpaired) electrons. The van der Waals surface area contributed by atoms with Crippen LogP contribution in [-0.2, 0) is 47.6 Å². The number of rotatable bonds is 3. The molecule has 10 nitrogen and oxygen atoms in total. The van der Waals surface area contributed by atoms with Gasteiger partial charge in [-0.15, -0.1) is 0 Å². The first-order valence-corrected chi connectivity index (χ1v) is 12.5. The lowest BCUT2D eigenvalue weighted by atomic mass is 9.53. The molecule has 0 aromatic carbocycles. The second-order valence-electron chi connectivity index (χ2n) is 11.4. The highest BCUT2D eigenvalue weighted by atomic mass is 16.7. The van der Waals surface area contributed by atoms with Crippen LogP contribution >= 0.6 is 0 Å². The van der Waals surface area contributed by atoms with Crippen molar-refractivity contribution in [3.63, 3.8) is 0 Å². The minimum atomic E-state index is -1.33. The standard InChI is InChI=1S/C26H34O10/c1-12-8-9-16(31-13(2)27)23(5)17(32-14(3)28)11-18-24(6,35-18)20(23)21(33-15(4)29)26-19(10-12)34-22(30)25(26,7)36-26/h10,16-21H,8-9,11H2,1-7H3/b12-10-/t16-,17+,18-,19+,20-,21-,23+,24-,25+,26+/m1/s1. The Hall–Kier alpha value is -2.46. The number of carbonyl (C=O) groups is 4. The predicted octanol–water partition coefficient (Wildman–Crippen LogP) is 2.16. The molecule has 10 atom stereocenters. The first-order valence-electron chi connectivity index (χ1n) is 12.5. The lowest BCUT2D eigenvalue weighted by molar-refractivity contribution is -0.212. The monoisotopic (exact) mass is 506 g/mol. The third-order valence-electron chi connectivity index (χ3n) is 9.08. The number of hydrogen-bond donors (Lipinski definition) is 0. The molecule has 2 aliphatic carbocycles. The lowest BCUT2D eigenvalue weighted by Gasteiger charge is -2.54. The fourth-order valence-corrected chi connectivity index (χ4v) is 7.29. The first-order chi connectivity index (χ1) is 16.7. The van der Waals surface area contributed by atoms with Crippen LogP contribution in [0.2, 0.25) is 0 Å². The van der Waals surface area contributed by atoms with Crippen LogP contribution in [0.1, 0.15) is 67.7 Å². The Balaban J connectivity index is 1.75. The Morgan fingerprint density at radius 2 is 1.58 bits per heavy atom. The summed E-state index contributed by atoms with van der Waals surface area (Å²) in [5, 5.41) is 0. The zero-order valence-electron chi connectivity index (χ0n) is 21.7. The van der Waals surface area contributed by atoms with Gasteiger partial charge in [0.15, 0.2) is 17.3 Å². The largest absolute Gasteiger partial charge is 0.462 e. The van der Waals surface area contributed by atoms with Crippen LogP contribution in [0.25, 0.3) is 0 Å². The maximum Gasteiger partial charge on any atom is 0.342 e. The maximum absolute atomic E-state index is 13.0. The van der Waals surface area contributed by atoms with E-state index >= 15 is 0 Å². The number of carbonyl (C=O) groups excluding carboxylic acids is 4. The summed E-state index contributed by atoms with van der Waals surface area (Å²) in [6.45, 7) is 11.3. The van der Waals surface area contributed by atoms with Gasteiger partial charge in [0.1, 0.15) is 18.3 Å². The zero-order valence-corrected chi connectivity index (χ0v) is 21.7. The average molecular weight is 507 g/mol. The van der Waals surface area contributed by atoms with Gasteiger partial charge in [0.05, 0.1) is 17.1 Å². The van der Waals surface area contributed by atoms with Gasteiger partial charge >= 0.3 is 23.9 Å². The van der Waals surface area contributed by atoms with Gasteiger partial charge in [-0.2, -0.15) is 0 Å². The van der Waals surface area contributed by atoms with Gasteiger partial charge in [-0.05, 0) is 39.7 Å². The van der Waals surface area contributed by atoms with Crippen molar-refractivity contribution in [2.75, 3.05) is 0 Å². The number of epoxide rings is 2. The van der Waals surface area contributed by atoms with Crippen LogP contribution in [0, 0.1) is 11.3 Å². The fraction of sp³-hybridized carbons (Fsp3) is 0.769. The third kappa shape index (κ3) is 3.29. The molecule has 5 rings (SSSR count). The highest BCUT2D eigenvalue weighted by Crippen LogP contribution is 2.69. The second-order valence-corrected chi connectivity index (χ2v) is 11.4. The summed E-state index contributed by atoms with van der Waals surface area (Å²) in [6, 6.07) is 0. The van der Waals surface area contributed by atoms with Crippen molar-refractivity contribution in [2.45, 2.75) is 115 Å². The van der Waals surface area contributed by atoms with Gasteiger partial charge in [-0.25, -0.2) is 4.79 Å². The Morgan fingerprint density at radius 3 is 2.17 bits per heavy atom.